The average Bonchev–Trinajstić information content (AvgIpc) is 3.51. The van der Waals surface area contributed by atoms with E-state index in [0.29, 0.717) is 26.5 Å². The Bertz CT molecular complexity index is 1590. The van der Waals surface area contributed by atoms with Crippen molar-refractivity contribution in [2.75, 3.05) is 5.75 Å². The second-order valence-corrected chi connectivity index (χ2v) is 9.63. The average molecular weight is 507 g/mol. The number of aromatic nitrogens is 2. The van der Waals surface area contributed by atoms with Gasteiger partial charge in [0.1, 0.15) is 10.5 Å². The molecule has 2 aromatic carbocycles. The fourth-order valence-corrected chi connectivity index (χ4v) is 5.50. The fourth-order valence-electron chi connectivity index (χ4n) is 3.60. The summed E-state index contributed by atoms with van der Waals surface area (Å²) in [4.78, 5) is 41.5. The zero-order chi connectivity index (χ0) is 24.4. The minimum absolute atomic E-state index is 0.0374. The van der Waals surface area contributed by atoms with E-state index < -0.39 is 4.92 Å². The van der Waals surface area contributed by atoms with E-state index >= 15 is 0 Å². The van der Waals surface area contributed by atoms with Crippen molar-refractivity contribution in [1.29, 1.82) is 0 Å². The lowest BCUT2D eigenvalue weighted by Gasteiger charge is -2.12. The monoisotopic (exact) mass is 506 g/mol. The Labute approximate surface area is 206 Å². The van der Waals surface area contributed by atoms with Crippen LogP contribution in [0.4, 0.5) is 5.69 Å². The van der Waals surface area contributed by atoms with Crippen LogP contribution in [0.5, 0.6) is 0 Å². The van der Waals surface area contributed by atoms with E-state index in [4.69, 9.17) is 9.40 Å². The predicted molar refractivity (Wildman–Crippen MR) is 135 cm³/mol. The molecule has 11 heteroatoms. The van der Waals surface area contributed by atoms with E-state index in [-0.39, 0.29) is 36.0 Å². The largest absolute Gasteiger partial charge is 0.467 e. The minimum Gasteiger partial charge on any atom is -0.467 e. The SMILES string of the molecule is O=C(CSc1nc2c(sc3ccc([N+](=O)[O-])cc32)c(=O)n1Cc1ccccc1)NCc1ccco1. The van der Waals surface area contributed by atoms with E-state index in [0.717, 1.165) is 22.0 Å². The number of rotatable bonds is 8. The number of benzene rings is 2. The molecule has 3 heterocycles. The first kappa shape index (κ1) is 22.8. The van der Waals surface area contributed by atoms with Gasteiger partial charge in [0.05, 0.1) is 35.5 Å². The first-order chi connectivity index (χ1) is 17.0. The highest BCUT2D eigenvalue weighted by atomic mass is 32.2. The van der Waals surface area contributed by atoms with E-state index in [1.807, 2.05) is 30.3 Å². The number of amides is 1. The molecule has 0 aliphatic heterocycles. The standard InChI is InChI=1S/C24H18N4O5S2/c29-20(25-12-17-7-4-10-33-17)14-34-24-26-21-18-11-16(28(31)32)8-9-19(18)35-22(21)23(30)27(24)13-15-5-2-1-3-6-15/h1-11H,12-14H2,(H,25,29). The molecule has 3 aromatic heterocycles. The highest BCUT2D eigenvalue weighted by molar-refractivity contribution is 7.99. The quantitative estimate of drug-likeness (QED) is 0.142. The van der Waals surface area contributed by atoms with Gasteiger partial charge in [0.25, 0.3) is 11.2 Å². The highest BCUT2D eigenvalue weighted by Gasteiger charge is 2.19. The number of nitro benzene ring substituents is 1. The van der Waals surface area contributed by atoms with Crippen LogP contribution in [-0.2, 0) is 17.9 Å². The summed E-state index contributed by atoms with van der Waals surface area (Å²) in [7, 11) is 0. The molecule has 1 amide bonds. The summed E-state index contributed by atoms with van der Waals surface area (Å²) in [5.41, 5.74) is 0.998. The topological polar surface area (TPSA) is 120 Å². The number of hydrogen-bond donors (Lipinski definition) is 1. The Morgan fingerprint density at radius 2 is 2.00 bits per heavy atom. The smallest absolute Gasteiger partial charge is 0.272 e. The molecular formula is C24H18N4O5S2. The molecule has 5 rings (SSSR count). The number of thiophene rings is 1. The maximum absolute atomic E-state index is 13.5. The van der Waals surface area contributed by atoms with Crippen LogP contribution in [0.15, 0.2) is 81.3 Å². The summed E-state index contributed by atoms with van der Waals surface area (Å²) in [6.07, 6.45) is 1.53. The van der Waals surface area contributed by atoms with Crippen molar-refractivity contribution in [1.82, 2.24) is 14.9 Å². The van der Waals surface area contributed by atoms with Crippen LogP contribution >= 0.6 is 23.1 Å². The molecule has 0 radical (unpaired) electrons. The number of fused-ring (bicyclic) bond motifs is 3. The number of thioether (sulfide) groups is 1. The van der Waals surface area contributed by atoms with Gasteiger partial charge < -0.3 is 9.73 Å². The minimum atomic E-state index is -0.474. The maximum atomic E-state index is 13.5. The lowest BCUT2D eigenvalue weighted by molar-refractivity contribution is -0.384. The van der Waals surface area contributed by atoms with Gasteiger partial charge in [-0.2, -0.15) is 0 Å². The molecule has 0 unspecified atom stereocenters. The summed E-state index contributed by atoms with van der Waals surface area (Å²) in [6, 6.07) is 17.5. The van der Waals surface area contributed by atoms with Gasteiger partial charge in [-0.1, -0.05) is 42.1 Å². The number of carbonyl (C=O) groups is 1. The van der Waals surface area contributed by atoms with Crippen LogP contribution in [0.1, 0.15) is 11.3 Å². The third-order valence-electron chi connectivity index (χ3n) is 5.29. The predicted octanol–water partition coefficient (Wildman–Crippen LogP) is 4.57. The fraction of sp³-hybridized carbons (Fsp3) is 0.125. The number of nitrogens with zero attached hydrogens (tertiary/aromatic N) is 3. The van der Waals surface area contributed by atoms with Crippen LogP contribution < -0.4 is 10.9 Å². The number of nitrogens with one attached hydrogen (secondary N) is 1. The van der Waals surface area contributed by atoms with Gasteiger partial charge in [-0.15, -0.1) is 11.3 Å². The number of furan rings is 1. The number of hydrogen-bond acceptors (Lipinski definition) is 8. The molecule has 0 saturated carbocycles. The summed E-state index contributed by atoms with van der Waals surface area (Å²) in [5.74, 6) is 0.434. The second-order valence-electron chi connectivity index (χ2n) is 7.63. The van der Waals surface area contributed by atoms with Crippen molar-refractivity contribution in [3.8, 4) is 0 Å². The Balaban J connectivity index is 1.52. The van der Waals surface area contributed by atoms with Gasteiger partial charge in [0.2, 0.25) is 5.91 Å². The summed E-state index contributed by atoms with van der Waals surface area (Å²) in [6.45, 7) is 0.544. The van der Waals surface area contributed by atoms with Crippen LogP contribution in [0.25, 0.3) is 20.3 Å². The van der Waals surface area contributed by atoms with Gasteiger partial charge >= 0.3 is 0 Å². The number of carbonyl (C=O) groups excluding carboxylic acids is 1. The van der Waals surface area contributed by atoms with E-state index in [1.165, 1.54) is 29.7 Å². The Morgan fingerprint density at radius 1 is 1.17 bits per heavy atom. The molecule has 0 fully saturated rings. The molecule has 1 N–H and O–H groups in total. The van der Waals surface area contributed by atoms with Crippen LogP contribution in [0.2, 0.25) is 0 Å². The normalized spacial score (nSPS) is 11.2. The third-order valence-corrected chi connectivity index (χ3v) is 7.41. The maximum Gasteiger partial charge on any atom is 0.272 e. The van der Waals surface area contributed by atoms with Gasteiger partial charge in [0.15, 0.2) is 5.16 Å². The number of nitro groups is 1. The molecule has 5 aromatic rings. The molecule has 0 saturated heterocycles. The molecule has 0 aliphatic carbocycles. The Morgan fingerprint density at radius 3 is 2.74 bits per heavy atom. The van der Waals surface area contributed by atoms with Gasteiger partial charge in [-0.05, 0) is 23.8 Å². The van der Waals surface area contributed by atoms with Gasteiger partial charge in [-0.25, -0.2) is 4.98 Å². The molecule has 0 aliphatic rings. The van der Waals surface area contributed by atoms with Crippen molar-refractivity contribution in [3.63, 3.8) is 0 Å². The molecule has 0 atom stereocenters. The van der Waals surface area contributed by atoms with Crippen molar-refractivity contribution in [2.45, 2.75) is 18.2 Å². The summed E-state index contributed by atoms with van der Waals surface area (Å²) < 4.78 is 7.93. The Hall–Kier alpha value is -3.96. The second kappa shape index (κ2) is 9.72. The van der Waals surface area contributed by atoms with Crippen molar-refractivity contribution < 1.29 is 14.1 Å². The van der Waals surface area contributed by atoms with Crippen LogP contribution in [-0.4, -0.2) is 26.1 Å². The first-order valence-electron chi connectivity index (χ1n) is 10.6. The van der Waals surface area contributed by atoms with E-state index in [9.17, 15) is 19.7 Å². The highest BCUT2D eigenvalue weighted by Crippen LogP contribution is 2.34. The van der Waals surface area contributed by atoms with Crippen LogP contribution in [0, 0.1) is 10.1 Å². The summed E-state index contributed by atoms with van der Waals surface area (Å²) in [5, 5.41) is 15.0. The van der Waals surface area contributed by atoms with Crippen molar-refractivity contribution in [3.05, 3.63) is 98.7 Å². The van der Waals surface area contributed by atoms with E-state index in [2.05, 4.69) is 5.32 Å². The first-order valence-corrected chi connectivity index (χ1v) is 12.4. The van der Waals surface area contributed by atoms with Gasteiger partial charge in [-0.3, -0.25) is 24.3 Å². The van der Waals surface area contributed by atoms with E-state index in [1.54, 1.807) is 22.8 Å². The molecule has 176 valence electrons. The third kappa shape index (κ3) is 4.81. The lowest BCUT2D eigenvalue weighted by atomic mass is 10.2. The molecule has 9 nitrogen and oxygen atoms in total. The summed E-state index contributed by atoms with van der Waals surface area (Å²) >= 11 is 2.40. The molecule has 0 bridgehead atoms. The molecule has 35 heavy (non-hydrogen) atoms. The zero-order valence-corrected chi connectivity index (χ0v) is 19.8. The zero-order valence-electron chi connectivity index (χ0n) is 18.2. The number of non-ortho nitro benzene ring substituents is 1. The molecular weight excluding hydrogens is 488 g/mol. The van der Waals surface area contributed by atoms with Crippen molar-refractivity contribution >= 4 is 55.0 Å². The van der Waals surface area contributed by atoms with Crippen LogP contribution in [0.3, 0.4) is 0 Å². The van der Waals surface area contributed by atoms with Crippen molar-refractivity contribution in [2.24, 2.45) is 0 Å². The molecule has 0 spiro atoms. The lowest BCUT2D eigenvalue weighted by Crippen LogP contribution is -2.26. The Kier molecular flexibility index (Phi) is 6.34. The van der Waals surface area contributed by atoms with Gasteiger partial charge in [0, 0.05) is 22.2 Å².